The number of halogens is 6. The highest BCUT2D eigenvalue weighted by molar-refractivity contribution is 7.99. The summed E-state index contributed by atoms with van der Waals surface area (Å²) in [6, 6.07) is 10.0. The Morgan fingerprint density at radius 1 is 0.880 bits per heavy atom. The molecule has 278 valence electrons. The fourth-order valence-corrected chi connectivity index (χ4v) is 6.64. The maximum Gasteiger partial charge on any atom is 0.573 e. The van der Waals surface area contributed by atoms with E-state index in [1.54, 1.807) is 26.8 Å². The van der Waals surface area contributed by atoms with Gasteiger partial charge in [0, 0.05) is 27.1 Å². The van der Waals surface area contributed by atoms with Crippen LogP contribution >= 0.6 is 11.8 Å². The second-order valence-electron chi connectivity index (χ2n) is 15.2. The Hall–Kier alpha value is -3.19. The number of carbonyl (C=O) groups excluding carboxylic acids is 1. The van der Waals surface area contributed by atoms with Crippen LogP contribution in [0, 0.1) is 16.2 Å². The molecule has 13 heteroatoms. The molecule has 2 unspecified atom stereocenters. The molecule has 3 rings (SSSR count). The van der Waals surface area contributed by atoms with E-state index in [9.17, 15) is 35.9 Å². The minimum atomic E-state index is -5.00. The van der Waals surface area contributed by atoms with E-state index in [-0.39, 0.29) is 28.5 Å². The van der Waals surface area contributed by atoms with E-state index in [0.717, 1.165) is 37.9 Å². The zero-order valence-electron chi connectivity index (χ0n) is 29.8. The summed E-state index contributed by atoms with van der Waals surface area (Å²) in [5, 5.41) is 0.337. The summed E-state index contributed by atoms with van der Waals surface area (Å²) in [5.41, 5.74) is 0.593. The molecule has 0 bridgehead atoms. The molecule has 0 radical (unpaired) electrons. The number of rotatable bonds is 14. The molecule has 6 nitrogen and oxygen atoms in total. The number of fused-ring (bicyclic) bond motifs is 1. The molecule has 3 aromatic rings. The first-order valence-electron chi connectivity index (χ1n) is 16.4. The van der Waals surface area contributed by atoms with Crippen LogP contribution in [-0.4, -0.2) is 36.4 Å². The van der Waals surface area contributed by atoms with Crippen molar-refractivity contribution in [3.05, 3.63) is 58.4 Å². The van der Waals surface area contributed by atoms with Gasteiger partial charge in [-0.05, 0) is 82.2 Å². The van der Waals surface area contributed by atoms with Crippen molar-refractivity contribution >= 4 is 28.7 Å². The maximum absolute atomic E-state index is 14.4. The molecule has 0 spiro atoms. The number of nitrogens with two attached hydrogens (primary N) is 1. The quantitative estimate of drug-likeness (QED) is 0.0580. The molecule has 0 aliphatic carbocycles. The zero-order valence-corrected chi connectivity index (χ0v) is 30.6. The minimum Gasteiger partial charge on any atom is -0.464 e. The number of thioether (sulfide) groups is 1. The third kappa shape index (κ3) is 10.4. The first kappa shape index (κ1) is 41.2. The number of esters is 1. The number of aryl methyl sites for hydroxylation is 1. The Balaban J connectivity index is 1.88. The molecule has 0 amide bonds. The van der Waals surface area contributed by atoms with Crippen molar-refractivity contribution in [2.24, 2.45) is 22.0 Å². The van der Waals surface area contributed by atoms with Gasteiger partial charge in [0.1, 0.15) is 23.4 Å². The van der Waals surface area contributed by atoms with Gasteiger partial charge in [-0.2, -0.15) is 13.2 Å². The smallest absolute Gasteiger partial charge is 0.464 e. The van der Waals surface area contributed by atoms with Crippen molar-refractivity contribution in [2.75, 3.05) is 12.4 Å². The maximum atomic E-state index is 14.4. The van der Waals surface area contributed by atoms with E-state index < -0.39 is 58.6 Å². The summed E-state index contributed by atoms with van der Waals surface area (Å²) in [6.07, 6.45) is -6.33. The second-order valence-corrected chi connectivity index (χ2v) is 16.2. The summed E-state index contributed by atoms with van der Waals surface area (Å²) in [6.45, 7) is 12.6. The topological polar surface area (TPSA) is 91.8 Å². The van der Waals surface area contributed by atoms with Crippen molar-refractivity contribution < 1.29 is 45.0 Å². The lowest BCUT2D eigenvalue weighted by atomic mass is 9.65. The summed E-state index contributed by atoms with van der Waals surface area (Å²) in [5.74, 6) is -1.90. The van der Waals surface area contributed by atoms with E-state index in [1.165, 1.54) is 36.4 Å². The number of carbonyl (C=O) groups is 1. The monoisotopic (exact) mass is 731 g/mol. The molecule has 0 saturated heterocycles. The van der Waals surface area contributed by atoms with Crippen LogP contribution < -0.4 is 16.1 Å². The molecule has 0 fully saturated rings. The summed E-state index contributed by atoms with van der Waals surface area (Å²) in [7, 11) is 0. The average molecular weight is 732 g/mol. The fourth-order valence-electron chi connectivity index (χ4n) is 5.56. The molecular weight excluding hydrogens is 684 g/mol. The fraction of sp³-hybridized carbons (Fsp3) is 0.568. The van der Waals surface area contributed by atoms with Crippen LogP contribution in [0.4, 0.5) is 26.3 Å². The zero-order chi connectivity index (χ0) is 37.9. The van der Waals surface area contributed by atoms with Gasteiger partial charge in [-0.1, -0.05) is 58.7 Å². The Morgan fingerprint density at radius 3 is 2.10 bits per heavy atom. The predicted octanol–water partition coefficient (Wildman–Crippen LogP) is 10.5. The number of hydrogen-bond acceptors (Lipinski definition) is 7. The number of ether oxygens (including phenoxy) is 2. The first-order valence-corrected chi connectivity index (χ1v) is 17.4. The number of benzene rings is 2. The number of hydrogen-bond donors (Lipinski definition) is 1. The number of unbranched alkanes of at least 4 members (excludes halogenated alkanes) is 2. The summed E-state index contributed by atoms with van der Waals surface area (Å²) >= 11 is 0.826. The van der Waals surface area contributed by atoms with Gasteiger partial charge in [-0.15, -0.1) is 24.9 Å². The molecule has 2 aromatic carbocycles. The van der Waals surface area contributed by atoms with Crippen LogP contribution in [0.3, 0.4) is 0 Å². The lowest BCUT2D eigenvalue weighted by molar-refractivity contribution is -0.274. The van der Waals surface area contributed by atoms with Crippen molar-refractivity contribution in [1.82, 2.24) is 0 Å². The normalized spacial score (nSPS) is 15.4. The Labute approximate surface area is 293 Å². The molecule has 0 aliphatic rings. The molecular formula is C37H47F6NO5S. The standard InChI is InChI=1S/C37H47F6NO5S/c1-9-10-11-12-23-13-16-26(29(17-23)49-37(41,42)43)27-18-24-14-15-25(19-28(24)48-30(27)45)50-22-34(7,36(38,39)40)21-47-31(46)35(8,33(5,6)44)20-32(2,3)4/h13-19H,9-12,20-22,44H2,1-8H3. The third-order valence-electron chi connectivity index (χ3n) is 8.86. The highest BCUT2D eigenvalue weighted by Gasteiger charge is 2.54. The molecule has 0 aliphatic heterocycles. The lowest BCUT2D eigenvalue weighted by Crippen LogP contribution is -2.56. The van der Waals surface area contributed by atoms with E-state index in [4.69, 9.17) is 14.9 Å². The molecule has 50 heavy (non-hydrogen) atoms. The highest BCUT2D eigenvalue weighted by atomic mass is 32.2. The average Bonchev–Trinajstić information content (AvgIpc) is 2.96. The van der Waals surface area contributed by atoms with Crippen LogP contribution in [0.1, 0.15) is 86.6 Å². The third-order valence-corrected chi connectivity index (χ3v) is 10.2. The number of alkyl halides is 6. The lowest BCUT2D eigenvalue weighted by Gasteiger charge is -2.43. The summed E-state index contributed by atoms with van der Waals surface area (Å²) < 4.78 is 98.4. The van der Waals surface area contributed by atoms with E-state index >= 15 is 0 Å². The first-order chi connectivity index (χ1) is 22.8. The van der Waals surface area contributed by atoms with Crippen molar-refractivity contribution in [2.45, 2.75) is 110 Å². The van der Waals surface area contributed by atoms with Gasteiger partial charge in [0.05, 0.1) is 11.0 Å². The molecule has 2 atom stereocenters. The van der Waals surface area contributed by atoms with Gasteiger partial charge in [0.25, 0.3) is 0 Å². The van der Waals surface area contributed by atoms with Crippen molar-refractivity contribution in [3.8, 4) is 16.9 Å². The molecule has 1 aromatic heterocycles. The van der Waals surface area contributed by atoms with E-state index in [1.807, 2.05) is 27.7 Å². The minimum absolute atomic E-state index is 0.0292. The highest BCUT2D eigenvalue weighted by Crippen LogP contribution is 2.45. The largest absolute Gasteiger partial charge is 0.573 e. The molecule has 0 saturated carbocycles. The van der Waals surface area contributed by atoms with Gasteiger partial charge in [0.15, 0.2) is 0 Å². The van der Waals surface area contributed by atoms with Crippen LogP contribution in [0.2, 0.25) is 0 Å². The van der Waals surface area contributed by atoms with Gasteiger partial charge < -0.3 is 19.6 Å². The Kier molecular flexibility index (Phi) is 12.5. The van der Waals surface area contributed by atoms with E-state index in [2.05, 4.69) is 4.74 Å². The van der Waals surface area contributed by atoms with Crippen LogP contribution in [-0.2, 0) is 16.0 Å². The molecule has 1 heterocycles. The Bertz CT molecular complexity index is 1710. The van der Waals surface area contributed by atoms with E-state index in [0.29, 0.717) is 22.3 Å². The van der Waals surface area contributed by atoms with Gasteiger partial charge in [0.2, 0.25) is 0 Å². The van der Waals surface area contributed by atoms with Crippen LogP contribution in [0.15, 0.2) is 56.6 Å². The SMILES string of the molecule is CCCCCc1ccc(-c2cc3ccc(SCC(C)(COC(=O)C(C)(CC(C)(C)C)C(C)(C)N)C(F)(F)F)cc3oc2=O)c(OC(F)(F)F)c1. The van der Waals surface area contributed by atoms with Crippen molar-refractivity contribution in [1.29, 1.82) is 0 Å². The Morgan fingerprint density at radius 2 is 1.54 bits per heavy atom. The van der Waals surface area contributed by atoms with Crippen molar-refractivity contribution in [3.63, 3.8) is 0 Å². The molecule has 2 N–H and O–H groups in total. The van der Waals surface area contributed by atoms with Gasteiger partial charge in [-0.25, -0.2) is 4.79 Å². The van der Waals surface area contributed by atoms with Gasteiger partial charge >= 0.3 is 24.1 Å². The van der Waals surface area contributed by atoms with Crippen LogP contribution in [0.25, 0.3) is 22.1 Å². The summed E-state index contributed by atoms with van der Waals surface area (Å²) in [4.78, 5) is 26.7. The van der Waals surface area contributed by atoms with Crippen LogP contribution in [0.5, 0.6) is 5.75 Å². The second kappa shape index (κ2) is 15.2. The predicted molar refractivity (Wildman–Crippen MR) is 184 cm³/mol. The van der Waals surface area contributed by atoms with Gasteiger partial charge in [-0.3, -0.25) is 4.79 Å².